The van der Waals surface area contributed by atoms with Crippen molar-refractivity contribution in [2.45, 2.75) is 26.7 Å². The summed E-state index contributed by atoms with van der Waals surface area (Å²) in [7, 11) is 0. The van der Waals surface area contributed by atoms with E-state index in [4.69, 9.17) is 5.26 Å². The van der Waals surface area contributed by atoms with Crippen molar-refractivity contribution in [1.82, 2.24) is 10.2 Å². The van der Waals surface area contributed by atoms with Gasteiger partial charge in [-0.3, -0.25) is 9.69 Å². The van der Waals surface area contributed by atoms with Gasteiger partial charge in [0.05, 0.1) is 19.2 Å². The largest absolute Gasteiger partial charge is 0.355 e. The van der Waals surface area contributed by atoms with E-state index in [0.29, 0.717) is 13.1 Å². The third-order valence-electron chi connectivity index (χ3n) is 1.96. The number of nitrogens with one attached hydrogen (secondary N) is 1. The molecule has 0 spiro atoms. The monoisotopic (exact) mass is 197 g/mol. The summed E-state index contributed by atoms with van der Waals surface area (Å²) in [4.78, 5) is 13.1. The number of carbonyl (C=O) groups excluding carboxylic acids is 1. The van der Waals surface area contributed by atoms with Crippen molar-refractivity contribution < 1.29 is 4.79 Å². The van der Waals surface area contributed by atoms with E-state index in [1.54, 1.807) is 4.90 Å². The first kappa shape index (κ1) is 12.9. The second-order valence-electron chi connectivity index (χ2n) is 3.16. The number of nitrogens with zero attached hydrogens (tertiary/aromatic N) is 2. The Balaban J connectivity index is 3.63. The van der Waals surface area contributed by atoms with Crippen LogP contribution in [0.25, 0.3) is 0 Å². The Kier molecular flexibility index (Phi) is 7.86. The Labute approximate surface area is 85.9 Å². The molecule has 0 bridgehead atoms. The molecule has 0 radical (unpaired) electrons. The highest BCUT2D eigenvalue weighted by molar-refractivity contribution is 5.77. The van der Waals surface area contributed by atoms with Gasteiger partial charge in [0.25, 0.3) is 0 Å². The molecule has 1 N–H and O–H groups in total. The first-order valence-electron chi connectivity index (χ1n) is 5.10. The van der Waals surface area contributed by atoms with Crippen LogP contribution in [0, 0.1) is 11.3 Å². The summed E-state index contributed by atoms with van der Waals surface area (Å²) in [5.41, 5.74) is 0. The van der Waals surface area contributed by atoms with Gasteiger partial charge >= 0.3 is 0 Å². The zero-order chi connectivity index (χ0) is 10.8. The molecular formula is C10H19N3O. The summed E-state index contributed by atoms with van der Waals surface area (Å²) in [5, 5.41) is 11.3. The third-order valence-corrected chi connectivity index (χ3v) is 1.96. The van der Waals surface area contributed by atoms with E-state index >= 15 is 0 Å². The second-order valence-corrected chi connectivity index (χ2v) is 3.16. The van der Waals surface area contributed by atoms with E-state index in [9.17, 15) is 4.79 Å². The Hall–Kier alpha value is -1.08. The lowest BCUT2D eigenvalue weighted by Crippen LogP contribution is -2.37. The van der Waals surface area contributed by atoms with Crippen LogP contribution < -0.4 is 5.32 Å². The molecule has 80 valence electrons. The number of unbranched alkanes of at least 4 members (excludes halogenated alkanes) is 1. The molecule has 0 aromatic heterocycles. The topological polar surface area (TPSA) is 56.1 Å². The van der Waals surface area contributed by atoms with Crippen LogP contribution in [0.15, 0.2) is 0 Å². The van der Waals surface area contributed by atoms with Crippen molar-refractivity contribution in [3.05, 3.63) is 0 Å². The van der Waals surface area contributed by atoms with E-state index in [2.05, 4.69) is 12.2 Å². The molecule has 4 heteroatoms. The van der Waals surface area contributed by atoms with Crippen LogP contribution in [0.4, 0.5) is 0 Å². The van der Waals surface area contributed by atoms with Gasteiger partial charge in [-0.25, -0.2) is 0 Å². The zero-order valence-electron chi connectivity index (χ0n) is 9.05. The highest BCUT2D eigenvalue weighted by atomic mass is 16.2. The molecule has 0 atom stereocenters. The summed E-state index contributed by atoms with van der Waals surface area (Å²) >= 11 is 0. The van der Waals surface area contributed by atoms with Gasteiger partial charge < -0.3 is 5.32 Å². The van der Waals surface area contributed by atoms with Gasteiger partial charge in [0.15, 0.2) is 0 Å². The van der Waals surface area contributed by atoms with Crippen LogP contribution in [0.2, 0.25) is 0 Å². The maximum absolute atomic E-state index is 11.3. The van der Waals surface area contributed by atoms with Crippen molar-refractivity contribution >= 4 is 5.91 Å². The summed E-state index contributed by atoms with van der Waals surface area (Å²) in [5.74, 6) is 0.00977. The van der Waals surface area contributed by atoms with E-state index in [1.807, 2.05) is 13.0 Å². The molecule has 0 aliphatic heterocycles. The van der Waals surface area contributed by atoms with Crippen LogP contribution in [-0.4, -0.2) is 37.0 Å². The molecule has 0 aromatic rings. The molecule has 0 saturated heterocycles. The summed E-state index contributed by atoms with van der Waals surface area (Å²) in [6, 6.07) is 2.04. The smallest absolute Gasteiger partial charge is 0.234 e. The third kappa shape index (κ3) is 6.44. The van der Waals surface area contributed by atoms with Crippen molar-refractivity contribution in [3.8, 4) is 6.07 Å². The van der Waals surface area contributed by atoms with Gasteiger partial charge in [0.1, 0.15) is 0 Å². The first-order chi connectivity index (χ1) is 6.74. The zero-order valence-corrected chi connectivity index (χ0v) is 9.05. The highest BCUT2D eigenvalue weighted by Gasteiger charge is 2.06. The number of hydrogen-bond donors (Lipinski definition) is 1. The van der Waals surface area contributed by atoms with Gasteiger partial charge in [-0.2, -0.15) is 5.26 Å². The fourth-order valence-electron chi connectivity index (χ4n) is 1.04. The Morgan fingerprint density at radius 2 is 2.21 bits per heavy atom. The van der Waals surface area contributed by atoms with Gasteiger partial charge in [-0.05, 0) is 13.0 Å². The fourth-order valence-corrected chi connectivity index (χ4v) is 1.04. The maximum Gasteiger partial charge on any atom is 0.234 e. The minimum Gasteiger partial charge on any atom is -0.355 e. The number of carbonyl (C=O) groups is 1. The molecule has 0 saturated carbocycles. The van der Waals surface area contributed by atoms with Gasteiger partial charge in [0.2, 0.25) is 5.91 Å². The molecule has 0 heterocycles. The summed E-state index contributed by atoms with van der Waals surface area (Å²) in [6.07, 6.45) is 2.09. The van der Waals surface area contributed by atoms with Crippen molar-refractivity contribution in [3.63, 3.8) is 0 Å². The molecular weight excluding hydrogens is 178 g/mol. The second kappa shape index (κ2) is 8.52. The minimum atomic E-state index is 0.00977. The van der Waals surface area contributed by atoms with Gasteiger partial charge in [-0.15, -0.1) is 0 Å². The molecule has 4 nitrogen and oxygen atoms in total. The van der Waals surface area contributed by atoms with Crippen molar-refractivity contribution in [2.24, 2.45) is 0 Å². The lowest BCUT2D eigenvalue weighted by Gasteiger charge is -2.15. The van der Waals surface area contributed by atoms with E-state index in [1.165, 1.54) is 0 Å². The summed E-state index contributed by atoms with van der Waals surface area (Å²) < 4.78 is 0. The van der Waals surface area contributed by atoms with Crippen LogP contribution in [0.3, 0.4) is 0 Å². The fraction of sp³-hybridized carbons (Fsp3) is 0.800. The lowest BCUT2D eigenvalue weighted by molar-refractivity contribution is -0.122. The molecule has 0 aliphatic rings. The number of hydrogen-bond acceptors (Lipinski definition) is 3. The van der Waals surface area contributed by atoms with Crippen LogP contribution >= 0.6 is 0 Å². The molecule has 0 aliphatic carbocycles. The van der Waals surface area contributed by atoms with E-state index in [-0.39, 0.29) is 5.91 Å². The highest BCUT2D eigenvalue weighted by Crippen LogP contribution is 1.87. The molecule has 0 unspecified atom stereocenters. The van der Waals surface area contributed by atoms with Crippen molar-refractivity contribution in [1.29, 1.82) is 5.26 Å². The predicted molar refractivity (Wildman–Crippen MR) is 55.6 cm³/mol. The van der Waals surface area contributed by atoms with E-state index in [0.717, 1.165) is 25.9 Å². The van der Waals surface area contributed by atoms with Gasteiger partial charge in [0, 0.05) is 6.54 Å². The number of likely N-dealkylation sites (N-methyl/N-ethyl adjacent to an activating group) is 1. The normalized spacial score (nSPS) is 9.86. The average molecular weight is 197 g/mol. The lowest BCUT2D eigenvalue weighted by atomic mass is 10.3. The number of rotatable bonds is 7. The minimum absolute atomic E-state index is 0.00977. The molecule has 0 fully saturated rings. The Morgan fingerprint density at radius 3 is 2.71 bits per heavy atom. The molecule has 14 heavy (non-hydrogen) atoms. The Bertz CT molecular complexity index is 198. The number of nitriles is 1. The van der Waals surface area contributed by atoms with Crippen LogP contribution in [0.1, 0.15) is 26.7 Å². The van der Waals surface area contributed by atoms with Crippen LogP contribution in [0.5, 0.6) is 0 Å². The van der Waals surface area contributed by atoms with Gasteiger partial charge in [-0.1, -0.05) is 20.3 Å². The Morgan fingerprint density at radius 1 is 1.50 bits per heavy atom. The maximum atomic E-state index is 11.3. The summed E-state index contributed by atoms with van der Waals surface area (Å²) in [6.45, 7) is 6.14. The quantitative estimate of drug-likeness (QED) is 0.484. The number of amides is 1. The molecule has 0 aromatic carbocycles. The average Bonchev–Trinajstić information content (AvgIpc) is 2.17. The SMILES string of the molecule is CCCCNC(=O)CN(CC)CC#N. The van der Waals surface area contributed by atoms with Crippen molar-refractivity contribution in [2.75, 3.05) is 26.2 Å². The molecule has 0 rings (SSSR count). The standard InChI is InChI=1S/C10H19N3O/c1-3-5-7-12-10(14)9-13(4-2)8-6-11/h3-5,7-9H2,1-2H3,(H,12,14). The molecule has 1 amide bonds. The first-order valence-corrected chi connectivity index (χ1v) is 5.10. The van der Waals surface area contributed by atoms with Crippen LogP contribution in [-0.2, 0) is 4.79 Å². The van der Waals surface area contributed by atoms with E-state index < -0.39 is 0 Å². The predicted octanol–water partition coefficient (Wildman–Crippen LogP) is 0.748.